The van der Waals surface area contributed by atoms with E-state index in [4.69, 9.17) is 15.5 Å². The van der Waals surface area contributed by atoms with Crippen LogP contribution in [0.5, 0.6) is 0 Å². The molecule has 2 heterocycles. The van der Waals surface area contributed by atoms with Gasteiger partial charge < -0.3 is 20.3 Å². The van der Waals surface area contributed by atoms with Gasteiger partial charge in [-0.1, -0.05) is 64.7 Å². The molecule has 8 heteroatoms. The lowest BCUT2D eigenvalue weighted by Crippen LogP contribution is -2.94. The number of allylic oxidation sites excluding steroid dienone is 1. The maximum Gasteiger partial charge on any atom is 0.177 e. The number of nitrogens with zero attached hydrogens (tertiary/aromatic N) is 1. The summed E-state index contributed by atoms with van der Waals surface area (Å²) in [5.41, 5.74) is 7.49. The van der Waals surface area contributed by atoms with Crippen LogP contribution in [0.1, 0.15) is 163 Å². The van der Waals surface area contributed by atoms with Gasteiger partial charge in [0.05, 0.1) is 37.7 Å². The Morgan fingerprint density at radius 2 is 1.77 bits per heavy atom. The molecule has 0 spiro atoms. The van der Waals surface area contributed by atoms with Crippen LogP contribution in [0.2, 0.25) is 0 Å². The summed E-state index contributed by atoms with van der Waals surface area (Å²) in [5.74, 6) is 12.6. The third-order valence-corrected chi connectivity index (χ3v) is 16.5. The van der Waals surface area contributed by atoms with Gasteiger partial charge in [-0.25, -0.2) is 0 Å². The van der Waals surface area contributed by atoms with Gasteiger partial charge in [-0.15, -0.1) is 4.99 Å². The number of quaternary nitrogens is 1. The van der Waals surface area contributed by atoms with Crippen molar-refractivity contribution in [2.75, 3.05) is 13.7 Å². The molecule has 6 rings (SSSR count). The van der Waals surface area contributed by atoms with Crippen LogP contribution in [-0.4, -0.2) is 66.1 Å². The first-order chi connectivity index (χ1) is 28.8. The van der Waals surface area contributed by atoms with Crippen LogP contribution in [-0.2, 0) is 14.3 Å². The van der Waals surface area contributed by atoms with E-state index in [-0.39, 0.29) is 71.7 Å². The first kappa shape index (κ1) is 47.5. The fourth-order valence-corrected chi connectivity index (χ4v) is 13.2. The molecule has 0 bridgehead atoms. The number of carbonyl (C=O) groups is 2. The highest BCUT2D eigenvalue weighted by atomic mass is 16.5. The minimum absolute atomic E-state index is 0.0268. The summed E-state index contributed by atoms with van der Waals surface area (Å²) in [6.45, 7) is 12.3. The average Bonchev–Trinajstić information content (AvgIpc) is 3.61. The van der Waals surface area contributed by atoms with E-state index in [1.807, 2.05) is 6.21 Å². The normalized spacial score (nSPS) is 37.9. The summed E-state index contributed by atoms with van der Waals surface area (Å²) in [7, 11) is 1.70. The minimum Gasteiger partial charge on any atom is -0.391 e. The number of ether oxygens (including phenoxy) is 1. The van der Waals surface area contributed by atoms with E-state index < -0.39 is 12.2 Å². The Bertz CT molecular complexity index is 1510. The third kappa shape index (κ3) is 12.6. The summed E-state index contributed by atoms with van der Waals surface area (Å²) in [4.78, 5) is 33.5. The second kappa shape index (κ2) is 22.6. The minimum atomic E-state index is -0.558. The van der Waals surface area contributed by atoms with Gasteiger partial charge in [0.15, 0.2) is 5.70 Å². The average molecular weight is 832 g/mol. The highest BCUT2D eigenvalue weighted by Gasteiger charge is 2.46. The lowest BCUT2D eigenvalue weighted by atomic mass is 9.60. The van der Waals surface area contributed by atoms with Gasteiger partial charge in [0.2, 0.25) is 0 Å². The number of aliphatic hydroxyl groups excluding tert-OH is 2. The fourth-order valence-electron chi connectivity index (χ4n) is 13.2. The molecule has 336 valence electrons. The number of piperidine rings is 1. The van der Waals surface area contributed by atoms with E-state index in [2.05, 4.69) is 57.9 Å². The number of aliphatic hydroxyl groups is 2. The number of aliphatic imine (C=N–C) groups is 1. The number of rotatable bonds is 14. The molecule has 0 aromatic heterocycles. The molecule has 60 heavy (non-hydrogen) atoms. The lowest BCUT2D eigenvalue weighted by Gasteiger charge is -2.46. The number of ketones is 2. The maximum absolute atomic E-state index is 14.8. The zero-order valence-corrected chi connectivity index (χ0v) is 38.5. The van der Waals surface area contributed by atoms with Crippen LogP contribution in [0.3, 0.4) is 0 Å². The highest BCUT2D eigenvalue weighted by Crippen LogP contribution is 2.49. The number of methoxy groups -OCH3 is 1. The highest BCUT2D eigenvalue weighted by molar-refractivity contribution is 6.00. The van der Waals surface area contributed by atoms with E-state index in [1.165, 1.54) is 38.0 Å². The zero-order valence-electron chi connectivity index (χ0n) is 38.5. The van der Waals surface area contributed by atoms with Crippen molar-refractivity contribution in [1.82, 2.24) is 0 Å². The fraction of sp³-hybridized carbons (Fsp3) is 0.846. The Hall–Kier alpha value is -2.02. The Morgan fingerprint density at radius 1 is 0.967 bits per heavy atom. The van der Waals surface area contributed by atoms with Crippen LogP contribution in [0.15, 0.2) is 16.8 Å². The number of Topliss-reactive ketones (excluding diaryl/α,β-unsaturated/α-hetero) is 2. The van der Waals surface area contributed by atoms with E-state index in [9.17, 15) is 19.8 Å². The molecule has 0 amide bonds. The molecular weight excluding hydrogens is 747 g/mol. The van der Waals surface area contributed by atoms with E-state index >= 15 is 0 Å². The van der Waals surface area contributed by atoms with Gasteiger partial charge in [0.1, 0.15) is 35.9 Å². The molecule has 6 N–H and O–H groups in total. The second-order valence-electron chi connectivity index (χ2n) is 21.6. The van der Waals surface area contributed by atoms with Gasteiger partial charge in [0.25, 0.3) is 0 Å². The maximum atomic E-state index is 14.8. The number of carbonyl (C=O) groups excluding carboxylic acids is 2. The quantitative estimate of drug-likeness (QED) is 0.0791. The smallest absolute Gasteiger partial charge is 0.177 e. The van der Waals surface area contributed by atoms with E-state index in [0.29, 0.717) is 61.2 Å². The summed E-state index contributed by atoms with van der Waals surface area (Å²) in [6, 6.07) is 0. The Morgan fingerprint density at radius 3 is 2.48 bits per heavy atom. The van der Waals surface area contributed by atoms with Gasteiger partial charge in [-0.05, 0) is 138 Å². The molecule has 2 aliphatic heterocycles. The first-order valence-electron chi connectivity index (χ1n) is 25.0. The van der Waals surface area contributed by atoms with Gasteiger partial charge in [-0.2, -0.15) is 0 Å². The van der Waals surface area contributed by atoms with Crippen molar-refractivity contribution in [1.29, 1.82) is 0 Å². The number of fused-ring (bicyclic) bond motifs is 2. The predicted octanol–water partition coefficient (Wildman–Crippen LogP) is 8.24. The van der Waals surface area contributed by atoms with Crippen molar-refractivity contribution in [2.45, 2.75) is 188 Å². The van der Waals surface area contributed by atoms with Gasteiger partial charge in [-0.3, -0.25) is 15.3 Å². The van der Waals surface area contributed by atoms with Gasteiger partial charge in [0, 0.05) is 43.6 Å². The summed E-state index contributed by atoms with van der Waals surface area (Å²) < 4.78 is 5.85. The molecular formula is C52H85N3O5+2. The molecule has 4 fully saturated rings. The zero-order chi connectivity index (χ0) is 42.9. The molecule has 6 aliphatic rings. The van der Waals surface area contributed by atoms with Crippen molar-refractivity contribution >= 4 is 17.8 Å². The van der Waals surface area contributed by atoms with Crippen molar-refractivity contribution in [3.63, 3.8) is 0 Å². The van der Waals surface area contributed by atoms with Crippen molar-refractivity contribution in [3.05, 3.63) is 17.7 Å². The third-order valence-electron chi connectivity index (χ3n) is 16.5. The largest absolute Gasteiger partial charge is 0.391 e. The van der Waals surface area contributed by atoms with Crippen LogP contribution in [0, 0.1) is 94.7 Å². The standard InChI is InChI=1S/C52H84N3O5/c1-7-10-44(48(57)28-41-25-40(31-55-41)33(4)5)39-23-35(21-34-19-20-54-52(53)24-34)22-37-16-18-45(43-12-9-8-11-36(43)14-13-32(2)3)46-30-50(59)51(60-6)27-38(46)15-17-42(56)29-49(58)47(37)26-39/h25,31-39,43-48,50-52,54,57,59H,7-15,17,19-24,26-30,53H2,1-6H3/q+1/p+1. The van der Waals surface area contributed by atoms with Crippen LogP contribution < -0.4 is 11.1 Å². The molecule has 0 aromatic rings. The summed E-state index contributed by atoms with van der Waals surface area (Å²) in [5, 5.41) is 26.0. The Balaban J connectivity index is 1.39. The van der Waals surface area contributed by atoms with Crippen molar-refractivity contribution in [3.8, 4) is 11.8 Å². The van der Waals surface area contributed by atoms with Crippen LogP contribution in [0.25, 0.3) is 0 Å². The molecule has 3 saturated carbocycles. The number of nitrogens with two attached hydrogens (primary N) is 2. The summed E-state index contributed by atoms with van der Waals surface area (Å²) >= 11 is 0. The predicted molar refractivity (Wildman–Crippen MR) is 241 cm³/mol. The van der Waals surface area contributed by atoms with Crippen LogP contribution in [0.4, 0.5) is 0 Å². The molecule has 4 aliphatic carbocycles. The van der Waals surface area contributed by atoms with Crippen LogP contribution >= 0.6 is 0 Å². The molecule has 8 nitrogen and oxygen atoms in total. The second-order valence-corrected chi connectivity index (χ2v) is 21.6. The monoisotopic (exact) mass is 832 g/mol. The van der Waals surface area contributed by atoms with Crippen molar-refractivity contribution < 1.29 is 29.9 Å². The summed E-state index contributed by atoms with van der Waals surface area (Å²) in [6.07, 6.45) is 20.8. The first-order valence-corrected chi connectivity index (χ1v) is 25.0. The molecule has 15 unspecified atom stereocenters. The number of hydrogen-bond donors (Lipinski definition) is 4. The topological polar surface area (TPSA) is 139 Å². The molecule has 1 saturated heterocycles. The van der Waals surface area contributed by atoms with E-state index in [1.54, 1.807) is 7.11 Å². The van der Waals surface area contributed by atoms with Crippen molar-refractivity contribution in [2.24, 2.45) is 87.7 Å². The van der Waals surface area contributed by atoms with E-state index in [0.717, 1.165) is 76.5 Å². The number of hydrogen-bond acceptors (Lipinski definition) is 7. The Labute approximate surface area is 364 Å². The molecule has 0 aromatic carbocycles. The SMILES string of the molecule is CCCC(C(O)CC1=C[C+](C(C)C)C=N1)C1CC(CC2CC[NH2+]C(N)C2)CC2C#CC(C3CCCCC3CCC(C)C)C3CC(O)C(OC)CC3CCC(=O)CC(=O)C2C1. The van der Waals surface area contributed by atoms with Gasteiger partial charge >= 0.3 is 0 Å². The molecule has 0 radical (unpaired) electrons. The lowest BCUT2D eigenvalue weighted by molar-refractivity contribution is -0.699. The Kier molecular flexibility index (Phi) is 17.8. The molecule has 15 atom stereocenters.